The Bertz CT molecular complexity index is 337. The number of aliphatic hydroxyl groups excluding tert-OH is 2. The van der Waals surface area contributed by atoms with Crippen molar-refractivity contribution in [2.24, 2.45) is 0 Å². The fourth-order valence-corrected chi connectivity index (χ4v) is 1.57. The van der Waals surface area contributed by atoms with Crippen molar-refractivity contribution < 1.29 is 14.6 Å². The first-order valence-electron chi connectivity index (χ1n) is 4.52. The molecule has 1 saturated heterocycles. The standard InChI is InChI=1S/C10H12FNO2/c11-8-1-7(6-13)2-9(3-8)12-4-10(14)5-12/h1-3,10,13-14H,4-6H2. The molecule has 1 fully saturated rings. The Morgan fingerprint density at radius 1 is 1.36 bits per heavy atom. The summed E-state index contributed by atoms with van der Waals surface area (Å²) in [6.07, 6.45) is -0.309. The molecule has 2 rings (SSSR count). The highest BCUT2D eigenvalue weighted by Crippen LogP contribution is 2.23. The van der Waals surface area contributed by atoms with Crippen molar-refractivity contribution in [3.05, 3.63) is 29.6 Å². The topological polar surface area (TPSA) is 43.7 Å². The van der Waals surface area contributed by atoms with Crippen molar-refractivity contribution >= 4 is 5.69 Å². The summed E-state index contributed by atoms with van der Waals surface area (Å²) in [7, 11) is 0. The molecule has 0 aliphatic carbocycles. The molecule has 0 amide bonds. The van der Waals surface area contributed by atoms with Gasteiger partial charge in [-0.05, 0) is 23.8 Å². The largest absolute Gasteiger partial charge is 0.392 e. The molecule has 1 aliphatic rings. The maximum absolute atomic E-state index is 13.0. The summed E-state index contributed by atoms with van der Waals surface area (Å²) >= 11 is 0. The Labute approximate surface area is 81.4 Å². The normalized spacial score (nSPS) is 16.9. The minimum Gasteiger partial charge on any atom is -0.392 e. The van der Waals surface area contributed by atoms with Crippen molar-refractivity contribution in [1.82, 2.24) is 0 Å². The van der Waals surface area contributed by atoms with Crippen LogP contribution in [-0.4, -0.2) is 29.4 Å². The molecule has 14 heavy (non-hydrogen) atoms. The van der Waals surface area contributed by atoms with Crippen LogP contribution in [0.3, 0.4) is 0 Å². The van der Waals surface area contributed by atoms with Crippen LogP contribution in [0, 0.1) is 5.82 Å². The van der Waals surface area contributed by atoms with Gasteiger partial charge in [-0.2, -0.15) is 0 Å². The molecule has 1 heterocycles. The van der Waals surface area contributed by atoms with Crippen LogP contribution in [0.15, 0.2) is 18.2 Å². The van der Waals surface area contributed by atoms with Crippen LogP contribution >= 0.6 is 0 Å². The van der Waals surface area contributed by atoms with Crippen LogP contribution in [0.25, 0.3) is 0 Å². The van der Waals surface area contributed by atoms with Crippen molar-refractivity contribution in [2.75, 3.05) is 18.0 Å². The van der Waals surface area contributed by atoms with Gasteiger partial charge in [0.1, 0.15) is 5.82 Å². The van der Waals surface area contributed by atoms with E-state index in [1.165, 1.54) is 12.1 Å². The molecular formula is C10H12FNO2. The second-order valence-electron chi connectivity index (χ2n) is 3.53. The van der Waals surface area contributed by atoms with E-state index >= 15 is 0 Å². The molecule has 1 aliphatic heterocycles. The van der Waals surface area contributed by atoms with E-state index in [0.29, 0.717) is 18.7 Å². The summed E-state index contributed by atoms with van der Waals surface area (Å²) in [6.45, 7) is 0.907. The highest BCUT2D eigenvalue weighted by atomic mass is 19.1. The van der Waals surface area contributed by atoms with Crippen LogP contribution in [0.4, 0.5) is 10.1 Å². The second kappa shape index (κ2) is 3.55. The number of nitrogens with zero attached hydrogens (tertiary/aromatic N) is 1. The predicted molar refractivity (Wildman–Crippen MR) is 50.5 cm³/mol. The number of halogens is 1. The van der Waals surface area contributed by atoms with Crippen molar-refractivity contribution in [2.45, 2.75) is 12.7 Å². The number of anilines is 1. The average Bonchev–Trinajstić information content (AvgIpc) is 2.12. The minimum atomic E-state index is -0.354. The summed E-state index contributed by atoms with van der Waals surface area (Å²) in [5.41, 5.74) is 1.28. The molecule has 0 spiro atoms. The molecule has 1 aromatic rings. The van der Waals surface area contributed by atoms with Crippen molar-refractivity contribution in [3.8, 4) is 0 Å². The molecule has 0 radical (unpaired) electrons. The van der Waals surface area contributed by atoms with Gasteiger partial charge in [0.25, 0.3) is 0 Å². The zero-order chi connectivity index (χ0) is 10.1. The first-order valence-corrected chi connectivity index (χ1v) is 4.52. The number of rotatable bonds is 2. The molecule has 0 saturated carbocycles. The third-order valence-corrected chi connectivity index (χ3v) is 2.35. The van der Waals surface area contributed by atoms with E-state index in [0.717, 1.165) is 5.69 Å². The van der Waals surface area contributed by atoms with E-state index in [4.69, 9.17) is 10.2 Å². The SMILES string of the molecule is OCc1cc(F)cc(N2CC(O)C2)c1. The molecule has 0 unspecified atom stereocenters. The first kappa shape index (κ1) is 9.43. The van der Waals surface area contributed by atoms with Gasteiger partial charge in [-0.1, -0.05) is 0 Å². The van der Waals surface area contributed by atoms with Gasteiger partial charge >= 0.3 is 0 Å². The number of hydrogen-bond donors (Lipinski definition) is 2. The third kappa shape index (κ3) is 1.71. The quantitative estimate of drug-likeness (QED) is 0.725. The lowest BCUT2D eigenvalue weighted by Crippen LogP contribution is -2.50. The van der Waals surface area contributed by atoms with Gasteiger partial charge in [-0.25, -0.2) is 4.39 Å². The summed E-state index contributed by atoms with van der Waals surface area (Å²) in [5.74, 6) is -0.354. The fraction of sp³-hybridized carbons (Fsp3) is 0.400. The number of aliphatic hydroxyl groups is 2. The third-order valence-electron chi connectivity index (χ3n) is 2.35. The molecule has 76 valence electrons. The maximum Gasteiger partial charge on any atom is 0.125 e. The maximum atomic E-state index is 13.0. The van der Waals surface area contributed by atoms with E-state index in [9.17, 15) is 4.39 Å². The Morgan fingerprint density at radius 3 is 2.64 bits per heavy atom. The molecule has 2 N–H and O–H groups in total. The Kier molecular flexibility index (Phi) is 2.39. The van der Waals surface area contributed by atoms with Gasteiger partial charge in [-0.3, -0.25) is 0 Å². The van der Waals surface area contributed by atoms with Gasteiger partial charge in [0.05, 0.1) is 12.7 Å². The van der Waals surface area contributed by atoms with Crippen molar-refractivity contribution in [3.63, 3.8) is 0 Å². The Hall–Kier alpha value is -1.13. The molecule has 0 atom stereocenters. The lowest BCUT2D eigenvalue weighted by Gasteiger charge is -2.38. The molecule has 3 nitrogen and oxygen atoms in total. The van der Waals surface area contributed by atoms with E-state index < -0.39 is 0 Å². The van der Waals surface area contributed by atoms with E-state index in [-0.39, 0.29) is 18.5 Å². The zero-order valence-electron chi connectivity index (χ0n) is 7.65. The molecular weight excluding hydrogens is 185 g/mol. The first-order chi connectivity index (χ1) is 6.69. The van der Waals surface area contributed by atoms with Crippen LogP contribution in [0.5, 0.6) is 0 Å². The lowest BCUT2D eigenvalue weighted by atomic mass is 10.1. The Morgan fingerprint density at radius 2 is 2.07 bits per heavy atom. The summed E-state index contributed by atoms with van der Waals surface area (Å²) in [4.78, 5) is 1.87. The highest BCUT2D eigenvalue weighted by Gasteiger charge is 2.24. The highest BCUT2D eigenvalue weighted by molar-refractivity contribution is 5.51. The molecule has 4 heteroatoms. The Balaban J connectivity index is 2.21. The smallest absolute Gasteiger partial charge is 0.125 e. The van der Waals surface area contributed by atoms with Crippen LogP contribution in [-0.2, 0) is 6.61 Å². The van der Waals surface area contributed by atoms with Gasteiger partial charge in [0.15, 0.2) is 0 Å². The number of hydrogen-bond acceptors (Lipinski definition) is 3. The number of β-amino-alcohol motifs (C(OH)–C–C–N with tert-alkyl or cyclic N) is 1. The molecule has 0 bridgehead atoms. The van der Waals surface area contributed by atoms with Crippen LogP contribution in [0.2, 0.25) is 0 Å². The van der Waals surface area contributed by atoms with Crippen LogP contribution < -0.4 is 4.90 Å². The number of benzene rings is 1. The molecule has 1 aromatic carbocycles. The summed E-state index contributed by atoms with van der Waals surface area (Å²) in [5, 5.41) is 18.0. The van der Waals surface area contributed by atoms with Crippen molar-refractivity contribution in [1.29, 1.82) is 0 Å². The van der Waals surface area contributed by atoms with E-state index in [1.54, 1.807) is 6.07 Å². The van der Waals surface area contributed by atoms with E-state index in [1.807, 2.05) is 4.90 Å². The lowest BCUT2D eigenvalue weighted by molar-refractivity contribution is 0.142. The minimum absolute atomic E-state index is 0.166. The van der Waals surface area contributed by atoms with Crippen LogP contribution in [0.1, 0.15) is 5.56 Å². The predicted octanol–water partition coefficient (Wildman–Crippen LogP) is 0.499. The van der Waals surface area contributed by atoms with E-state index in [2.05, 4.69) is 0 Å². The van der Waals surface area contributed by atoms with Gasteiger partial charge < -0.3 is 15.1 Å². The van der Waals surface area contributed by atoms with Gasteiger partial charge in [0, 0.05) is 18.8 Å². The summed E-state index contributed by atoms with van der Waals surface area (Å²) < 4.78 is 13.0. The monoisotopic (exact) mass is 197 g/mol. The second-order valence-corrected chi connectivity index (χ2v) is 3.53. The van der Waals surface area contributed by atoms with Gasteiger partial charge in [0.2, 0.25) is 0 Å². The van der Waals surface area contributed by atoms with Gasteiger partial charge in [-0.15, -0.1) is 0 Å². The average molecular weight is 197 g/mol. The zero-order valence-corrected chi connectivity index (χ0v) is 7.65. The fourth-order valence-electron chi connectivity index (χ4n) is 1.57. The molecule has 0 aromatic heterocycles. The summed E-state index contributed by atoms with van der Waals surface area (Å²) in [6, 6.07) is 4.44.